The second-order valence-electron chi connectivity index (χ2n) is 4.24. The molecule has 106 valence electrons. The van der Waals surface area contributed by atoms with Crippen LogP contribution in [0.1, 0.15) is 6.23 Å². The molecule has 0 unspecified atom stereocenters. The molecule has 1 aromatic heterocycles. The van der Waals surface area contributed by atoms with Crippen molar-refractivity contribution in [2.45, 2.75) is 30.6 Å². The zero-order valence-corrected chi connectivity index (χ0v) is 9.71. The van der Waals surface area contributed by atoms with Gasteiger partial charge in [0.15, 0.2) is 6.23 Å². The summed E-state index contributed by atoms with van der Waals surface area (Å²) in [4.78, 5) is 22.8. The summed E-state index contributed by atoms with van der Waals surface area (Å²) in [6, 6.07) is 1.98. The number of aliphatic hydroxyl groups excluding tert-OH is 4. The van der Waals surface area contributed by atoms with E-state index < -0.39 is 48.4 Å². The Bertz CT molecular complexity index is 551. The number of nitrogens with zero attached hydrogens (tertiary/aromatic N) is 1. The van der Waals surface area contributed by atoms with E-state index in [4.69, 9.17) is 9.84 Å². The van der Waals surface area contributed by atoms with Crippen molar-refractivity contribution in [2.75, 3.05) is 6.61 Å². The number of aromatic amines is 1. The van der Waals surface area contributed by atoms with Gasteiger partial charge in [0.2, 0.25) is 0 Å². The molecule has 5 atom stereocenters. The van der Waals surface area contributed by atoms with Gasteiger partial charge in [0.1, 0.15) is 24.4 Å². The Balaban J connectivity index is 2.40. The first-order valence-corrected chi connectivity index (χ1v) is 5.58. The molecule has 0 aromatic carbocycles. The standard InChI is InChI=1S/C10H14N2O7/c13-3-4-7(16)8(17)9(18)10(19-4)12-6(15)2-1-5(14)11-12/h1-2,4,7-10,13,16-18H,3H2,(H,11,14)/t4-,7-,8+,9-,10-/m1/s1. The van der Waals surface area contributed by atoms with Crippen molar-refractivity contribution in [3.8, 4) is 0 Å². The van der Waals surface area contributed by atoms with Crippen LogP contribution in [0.15, 0.2) is 21.7 Å². The maximum absolute atomic E-state index is 11.6. The fraction of sp³-hybridized carbons (Fsp3) is 0.600. The minimum atomic E-state index is -1.63. The van der Waals surface area contributed by atoms with Crippen molar-refractivity contribution in [3.05, 3.63) is 32.8 Å². The summed E-state index contributed by atoms with van der Waals surface area (Å²) in [5.41, 5.74) is -1.26. The first kappa shape index (κ1) is 13.9. The third-order valence-corrected chi connectivity index (χ3v) is 2.97. The van der Waals surface area contributed by atoms with Crippen molar-refractivity contribution in [1.29, 1.82) is 0 Å². The van der Waals surface area contributed by atoms with Gasteiger partial charge in [0.05, 0.1) is 6.61 Å². The third kappa shape index (κ3) is 2.46. The first-order valence-electron chi connectivity index (χ1n) is 5.58. The summed E-state index contributed by atoms with van der Waals surface area (Å²) in [5, 5.41) is 40.1. The predicted octanol–water partition coefficient (Wildman–Crippen LogP) is -3.49. The van der Waals surface area contributed by atoms with Gasteiger partial charge in [-0.3, -0.25) is 14.7 Å². The molecule has 1 fully saturated rings. The van der Waals surface area contributed by atoms with Gasteiger partial charge < -0.3 is 25.2 Å². The molecule has 5 N–H and O–H groups in total. The number of aliphatic hydroxyl groups is 4. The molecule has 0 bridgehead atoms. The summed E-state index contributed by atoms with van der Waals surface area (Å²) in [7, 11) is 0. The third-order valence-electron chi connectivity index (χ3n) is 2.97. The van der Waals surface area contributed by atoms with Crippen LogP contribution in [0.25, 0.3) is 0 Å². The van der Waals surface area contributed by atoms with Crippen molar-refractivity contribution in [1.82, 2.24) is 9.78 Å². The van der Waals surface area contributed by atoms with Crippen LogP contribution in [-0.4, -0.2) is 61.2 Å². The van der Waals surface area contributed by atoms with E-state index in [0.717, 1.165) is 12.1 Å². The van der Waals surface area contributed by atoms with Gasteiger partial charge in [-0.15, -0.1) is 0 Å². The van der Waals surface area contributed by atoms with Gasteiger partial charge in [-0.05, 0) is 0 Å². The normalized spacial score (nSPS) is 35.3. The van der Waals surface area contributed by atoms with Crippen LogP contribution in [0.3, 0.4) is 0 Å². The average Bonchev–Trinajstić information content (AvgIpc) is 2.40. The van der Waals surface area contributed by atoms with E-state index in [1.807, 2.05) is 0 Å². The first-order chi connectivity index (χ1) is 8.95. The van der Waals surface area contributed by atoms with Gasteiger partial charge in [-0.1, -0.05) is 0 Å². The summed E-state index contributed by atoms with van der Waals surface area (Å²) in [6.45, 7) is -0.618. The Morgan fingerprint density at radius 1 is 1.16 bits per heavy atom. The van der Waals surface area contributed by atoms with E-state index in [0.29, 0.717) is 4.68 Å². The lowest BCUT2D eigenvalue weighted by molar-refractivity contribution is -0.255. The van der Waals surface area contributed by atoms with E-state index in [1.165, 1.54) is 0 Å². The Hall–Kier alpha value is -1.52. The number of hydrogen-bond donors (Lipinski definition) is 5. The quantitative estimate of drug-likeness (QED) is 0.376. The van der Waals surface area contributed by atoms with Crippen molar-refractivity contribution >= 4 is 0 Å². The summed E-state index contributed by atoms with van der Waals surface area (Å²) in [5.74, 6) is 0. The molecule has 0 amide bonds. The predicted molar refractivity (Wildman–Crippen MR) is 60.3 cm³/mol. The van der Waals surface area contributed by atoms with Crippen LogP contribution in [0.4, 0.5) is 0 Å². The highest BCUT2D eigenvalue weighted by Gasteiger charge is 2.44. The number of aromatic nitrogens is 2. The fourth-order valence-corrected chi connectivity index (χ4v) is 1.92. The molecular weight excluding hydrogens is 260 g/mol. The number of rotatable bonds is 2. The summed E-state index contributed by atoms with van der Waals surface area (Å²) < 4.78 is 5.83. The lowest BCUT2D eigenvalue weighted by atomic mass is 9.98. The molecule has 0 saturated carbocycles. The smallest absolute Gasteiger partial charge is 0.267 e. The molecule has 1 saturated heterocycles. The molecule has 1 aliphatic heterocycles. The van der Waals surface area contributed by atoms with Gasteiger partial charge in [0, 0.05) is 12.1 Å². The molecule has 9 heteroatoms. The number of nitrogens with one attached hydrogen (secondary N) is 1. The van der Waals surface area contributed by atoms with E-state index in [9.17, 15) is 24.9 Å². The van der Waals surface area contributed by atoms with Gasteiger partial charge in [-0.25, -0.2) is 4.68 Å². The van der Waals surface area contributed by atoms with Gasteiger partial charge >= 0.3 is 0 Å². The Labute approximate surface area is 106 Å². The highest BCUT2D eigenvalue weighted by Crippen LogP contribution is 2.26. The maximum atomic E-state index is 11.6. The molecule has 2 rings (SSSR count). The van der Waals surface area contributed by atoms with Crippen molar-refractivity contribution < 1.29 is 25.2 Å². The van der Waals surface area contributed by atoms with Crippen molar-refractivity contribution in [3.63, 3.8) is 0 Å². The van der Waals surface area contributed by atoms with Gasteiger partial charge in [-0.2, -0.15) is 0 Å². The lowest BCUT2D eigenvalue weighted by Crippen LogP contribution is -2.58. The maximum Gasteiger partial charge on any atom is 0.267 e. The number of H-pyrrole nitrogens is 1. The Kier molecular flexibility index (Phi) is 3.83. The van der Waals surface area contributed by atoms with E-state index in [1.54, 1.807) is 0 Å². The zero-order chi connectivity index (χ0) is 14.2. The molecular formula is C10H14N2O7. The summed E-state index contributed by atoms with van der Waals surface area (Å²) >= 11 is 0. The summed E-state index contributed by atoms with van der Waals surface area (Å²) in [6.07, 6.45) is -7.33. The molecule has 2 heterocycles. The molecule has 1 aromatic rings. The molecule has 0 spiro atoms. The lowest BCUT2D eigenvalue weighted by Gasteiger charge is -2.40. The minimum Gasteiger partial charge on any atom is -0.394 e. The molecule has 0 aliphatic carbocycles. The molecule has 9 nitrogen and oxygen atoms in total. The highest BCUT2D eigenvalue weighted by molar-refractivity contribution is 4.93. The number of hydrogen-bond acceptors (Lipinski definition) is 7. The van der Waals surface area contributed by atoms with E-state index in [2.05, 4.69) is 5.10 Å². The topological polar surface area (TPSA) is 145 Å². The largest absolute Gasteiger partial charge is 0.394 e. The zero-order valence-electron chi connectivity index (χ0n) is 9.71. The molecule has 0 radical (unpaired) electrons. The monoisotopic (exact) mass is 274 g/mol. The molecule has 19 heavy (non-hydrogen) atoms. The minimum absolute atomic E-state index is 0.600. The Morgan fingerprint density at radius 2 is 1.84 bits per heavy atom. The average molecular weight is 274 g/mol. The van der Waals surface area contributed by atoms with Crippen LogP contribution in [0, 0.1) is 0 Å². The van der Waals surface area contributed by atoms with Gasteiger partial charge in [0.25, 0.3) is 11.1 Å². The van der Waals surface area contributed by atoms with Crippen molar-refractivity contribution in [2.24, 2.45) is 0 Å². The van der Waals surface area contributed by atoms with E-state index >= 15 is 0 Å². The van der Waals surface area contributed by atoms with Crippen LogP contribution in [0.2, 0.25) is 0 Å². The Morgan fingerprint density at radius 3 is 2.47 bits per heavy atom. The van der Waals surface area contributed by atoms with Crippen LogP contribution >= 0.6 is 0 Å². The van der Waals surface area contributed by atoms with Crippen LogP contribution in [-0.2, 0) is 4.74 Å². The van der Waals surface area contributed by atoms with Crippen LogP contribution in [0.5, 0.6) is 0 Å². The van der Waals surface area contributed by atoms with E-state index in [-0.39, 0.29) is 0 Å². The molecule has 1 aliphatic rings. The fourth-order valence-electron chi connectivity index (χ4n) is 1.92. The van der Waals surface area contributed by atoms with Crippen LogP contribution < -0.4 is 11.1 Å². The second kappa shape index (κ2) is 5.23. The SMILES string of the molecule is O=c1ccc(=O)n([C@@H]2O[C@H](CO)[C@@H](O)[C@H](O)[C@H]2O)[nH]1. The number of ether oxygens (including phenoxy) is 1. The second-order valence-corrected chi connectivity index (χ2v) is 4.24. The highest BCUT2D eigenvalue weighted by atomic mass is 16.6.